The summed E-state index contributed by atoms with van der Waals surface area (Å²) < 4.78 is 39.0. The van der Waals surface area contributed by atoms with E-state index in [9.17, 15) is 18.0 Å². The number of amides is 1. The molecule has 1 saturated heterocycles. The number of hydrogen-bond acceptors (Lipinski definition) is 2. The number of nitrogens with one attached hydrogen (secondary N) is 1. The molecule has 2 fully saturated rings. The molecule has 1 saturated carbocycles. The smallest absolute Gasteiger partial charge is 0.337 e. The van der Waals surface area contributed by atoms with E-state index in [1.807, 2.05) is 0 Å². The predicted molar refractivity (Wildman–Crippen MR) is 76.0 cm³/mol. The van der Waals surface area contributed by atoms with Crippen LogP contribution in [0.3, 0.4) is 0 Å². The Morgan fingerprint density at radius 3 is 2.64 bits per heavy atom. The van der Waals surface area contributed by atoms with Crippen molar-refractivity contribution in [1.29, 1.82) is 0 Å². The molecule has 0 bridgehead atoms. The number of benzene rings is 1. The topological polar surface area (TPSA) is 32.3 Å². The number of halogens is 3. The molecule has 1 aliphatic heterocycles. The summed E-state index contributed by atoms with van der Waals surface area (Å²) in [7, 11) is 0. The van der Waals surface area contributed by atoms with Crippen LogP contribution in [-0.4, -0.2) is 29.9 Å². The number of hydrogen-bond donors (Lipinski definition) is 1. The molecular formula is C16H19F3N2O. The molecule has 6 heteroatoms. The van der Waals surface area contributed by atoms with E-state index < -0.39 is 11.7 Å². The number of rotatable bonds is 5. The van der Waals surface area contributed by atoms with Gasteiger partial charge < -0.3 is 10.2 Å². The van der Waals surface area contributed by atoms with Gasteiger partial charge in [-0.1, -0.05) is 18.2 Å². The lowest BCUT2D eigenvalue weighted by molar-refractivity contribution is -0.139. The Kier molecular flexibility index (Phi) is 4.12. The maximum Gasteiger partial charge on any atom is 0.416 e. The first-order chi connectivity index (χ1) is 10.4. The van der Waals surface area contributed by atoms with Gasteiger partial charge in [-0.3, -0.25) is 4.79 Å². The van der Waals surface area contributed by atoms with Crippen LogP contribution in [0, 0.1) is 5.92 Å². The maximum atomic E-state index is 13.0. The minimum atomic E-state index is -4.39. The van der Waals surface area contributed by atoms with Gasteiger partial charge in [0.25, 0.3) is 0 Å². The quantitative estimate of drug-likeness (QED) is 0.907. The fraction of sp³-hybridized carbons (Fsp3) is 0.562. The van der Waals surface area contributed by atoms with E-state index in [0.29, 0.717) is 13.0 Å². The molecule has 1 aromatic rings. The van der Waals surface area contributed by atoms with Crippen molar-refractivity contribution >= 4 is 5.91 Å². The zero-order valence-corrected chi connectivity index (χ0v) is 12.2. The van der Waals surface area contributed by atoms with Crippen LogP contribution < -0.4 is 5.32 Å². The zero-order valence-electron chi connectivity index (χ0n) is 12.2. The molecule has 120 valence electrons. The second-order valence-corrected chi connectivity index (χ2v) is 6.18. The second-order valence-electron chi connectivity index (χ2n) is 6.18. The fourth-order valence-electron chi connectivity index (χ4n) is 2.86. The highest BCUT2D eigenvalue weighted by Gasteiger charge is 2.35. The van der Waals surface area contributed by atoms with Gasteiger partial charge in [0.2, 0.25) is 5.91 Å². The largest absolute Gasteiger partial charge is 0.416 e. The third kappa shape index (κ3) is 3.61. The van der Waals surface area contributed by atoms with E-state index in [1.54, 1.807) is 6.07 Å². The van der Waals surface area contributed by atoms with Crippen LogP contribution in [0.1, 0.15) is 30.4 Å². The Labute approximate surface area is 127 Å². The molecule has 3 rings (SSSR count). The summed E-state index contributed by atoms with van der Waals surface area (Å²) in [5.74, 6) is 0.639. The predicted octanol–water partition coefficient (Wildman–Crippen LogP) is 2.81. The van der Waals surface area contributed by atoms with Crippen LogP contribution in [0.15, 0.2) is 24.3 Å². The Morgan fingerprint density at radius 1 is 1.23 bits per heavy atom. The van der Waals surface area contributed by atoms with Crippen LogP contribution in [0.4, 0.5) is 13.2 Å². The Balaban J connectivity index is 1.64. The third-order valence-corrected chi connectivity index (χ3v) is 4.29. The highest BCUT2D eigenvalue weighted by Crippen LogP contribution is 2.33. The van der Waals surface area contributed by atoms with E-state index in [2.05, 4.69) is 5.32 Å². The summed E-state index contributed by atoms with van der Waals surface area (Å²) in [6, 6.07) is 5.53. The van der Waals surface area contributed by atoms with Crippen LogP contribution in [-0.2, 0) is 17.5 Å². The van der Waals surface area contributed by atoms with E-state index in [4.69, 9.17) is 0 Å². The zero-order chi connectivity index (χ0) is 15.7. The van der Waals surface area contributed by atoms with Crippen LogP contribution in [0.25, 0.3) is 0 Å². The molecule has 1 unspecified atom stereocenters. The van der Waals surface area contributed by atoms with Gasteiger partial charge in [0.1, 0.15) is 0 Å². The number of nitrogens with zero attached hydrogens (tertiary/aromatic N) is 1. The van der Waals surface area contributed by atoms with Gasteiger partial charge in [-0.2, -0.15) is 13.2 Å². The second kappa shape index (κ2) is 5.91. The monoisotopic (exact) mass is 312 g/mol. The van der Waals surface area contributed by atoms with Gasteiger partial charge in [-0.25, -0.2) is 0 Å². The highest BCUT2D eigenvalue weighted by atomic mass is 19.4. The average Bonchev–Trinajstić information content (AvgIpc) is 3.21. The molecule has 1 atom stereocenters. The van der Waals surface area contributed by atoms with Crippen molar-refractivity contribution in [3.8, 4) is 0 Å². The van der Waals surface area contributed by atoms with E-state index in [0.717, 1.165) is 18.5 Å². The average molecular weight is 312 g/mol. The van der Waals surface area contributed by atoms with E-state index in [1.165, 1.54) is 29.9 Å². The number of likely N-dealkylation sites (tertiary alicyclic amines) is 1. The molecule has 1 amide bonds. The summed E-state index contributed by atoms with van der Waals surface area (Å²) >= 11 is 0. The molecule has 22 heavy (non-hydrogen) atoms. The first-order valence-corrected chi connectivity index (χ1v) is 7.60. The SMILES string of the molecule is O=C1CC(NCC2CC2)CN1Cc1ccccc1C(F)(F)F. The lowest BCUT2D eigenvalue weighted by atomic mass is 10.1. The standard InChI is InChI=1S/C16H19F3N2O/c17-16(18,19)14-4-2-1-3-12(14)9-21-10-13(7-15(21)22)20-8-11-5-6-11/h1-4,11,13,20H,5-10H2. The molecular weight excluding hydrogens is 293 g/mol. The lowest BCUT2D eigenvalue weighted by Crippen LogP contribution is -2.34. The van der Waals surface area contributed by atoms with Crippen LogP contribution >= 0.6 is 0 Å². The summed E-state index contributed by atoms with van der Waals surface area (Å²) in [5.41, 5.74) is -0.497. The van der Waals surface area contributed by atoms with Crippen molar-refractivity contribution in [2.75, 3.05) is 13.1 Å². The van der Waals surface area contributed by atoms with Crippen molar-refractivity contribution < 1.29 is 18.0 Å². The molecule has 2 aliphatic rings. The van der Waals surface area contributed by atoms with Gasteiger partial charge in [-0.05, 0) is 36.9 Å². The van der Waals surface area contributed by atoms with Crippen LogP contribution in [0.5, 0.6) is 0 Å². The summed E-state index contributed by atoms with van der Waals surface area (Å²) in [6.07, 6.45) is -1.55. The minimum absolute atomic E-state index is 0.0239. The Morgan fingerprint density at radius 2 is 1.95 bits per heavy atom. The first-order valence-electron chi connectivity index (χ1n) is 7.60. The summed E-state index contributed by atoms with van der Waals surface area (Å²) in [4.78, 5) is 13.5. The van der Waals surface area contributed by atoms with Gasteiger partial charge in [0.15, 0.2) is 0 Å². The minimum Gasteiger partial charge on any atom is -0.337 e. The molecule has 1 N–H and O–H groups in total. The molecule has 0 aromatic heterocycles. The van der Waals surface area contributed by atoms with Crippen molar-refractivity contribution in [2.24, 2.45) is 5.92 Å². The molecule has 1 aliphatic carbocycles. The van der Waals surface area contributed by atoms with E-state index >= 15 is 0 Å². The van der Waals surface area contributed by atoms with E-state index in [-0.39, 0.29) is 24.1 Å². The van der Waals surface area contributed by atoms with Crippen molar-refractivity contribution in [3.05, 3.63) is 35.4 Å². The fourth-order valence-corrected chi connectivity index (χ4v) is 2.86. The normalized spacial score (nSPS) is 22.4. The Hall–Kier alpha value is -1.56. The van der Waals surface area contributed by atoms with Gasteiger partial charge in [0, 0.05) is 25.6 Å². The summed E-state index contributed by atoms with van der Waals surface area (Å²) in [5, 5.41) is 3.35. The molecule has 1 heterocycles. The Bertz CT molecular complexity index is 555. The molecule has 1 aromatic carbocycles. The molecule has 3 nitrogen and oxygen atoms in total. The lowest BCUT2D eigenvalue weighted by Gasteiger charge is -2.20. The van der Waals surface area contributed by atoms with Crippen molar-refractivity contribution in [1.82, 2.24) is 10.2 Å². The highest BCUT2D eigenvalue weighted by molar-refractivity contribution is 5.79. The molecule has 0 spiro atoms. The summed E-state index contributed by atoms with van der Waals surface area (Å²) in [6.45, 7) is 1.42. The van der Waals surface area contributed by atoms with Gasteiger partial charge >= 0.3 is 6.18 Å². The first kappa shape index (κ1) is 15.3. The van der Waals surface area contributed by atoms with Gasteiger partial charge in [0.05, 0.1) is 5.56 Å². The number of carbonyl (C=O) groups excluding carboxylic acids is 1. The molecule has 0 radical (unpaired) electrons. The third-order valence-electron chi connectivity index (χ3n) is 4.29. The van der Waals surface area contributed by atoms with Crippen LogP contribution in [0.2, 0.25) is 0 Å². The number of carbonyl (C=O) groups is 1. The van der Waals surface area contributed by atoms with Crippen molar-refractivity contribution in [2.45, 2.75) is 38.0 Å². The van der Waals surface area contributed by atoms with Gasteiger partial charge in [-0.15, -0.1) is 0 Å². The maximum absolute atomic E-state index is 13.0. The number of alkyl halides is 3. The van der Waals surface area contributed by atoms with Crippen molar-refractivity contribution in [3.63, 3.8) is 0 Å².